The van der Waals surface area contributed by atoms with Gasteiger partial charge < -0.3 is 15.0 Å². The number of pyridine rings is 1. The molecule has 0 aliphatic carbocycles. The zero-order valence-corrected chi connectivity index (χ0v) is 12.5. The van der Waals surface area contributed by atoms with Gasteiger partial charge in [0.15, 0.2) is 0 Å². The van der Waals surface area contributed by atoms with Gasteiger partial charge in [-0.25, -0.2) is 0 Å². The van der Waals surface area contributed by atoms with Crippen LogP contribution in [-0.2, 0) is 9.53 Å². The highest BCUT2D eigenvalue weighted by molar-refractivity contribution is 5.95. The summed E-state index contributed by atoms with van der Waals surface area (Å²) in [6, 6.07) is 12.9. The van der Waals surface area contributed by atoms with Crippen molar-refractivity contribution < 1.29 is 14.3 Å². The summed E-state index contributed by atoms with van der Waals surface area (Å²) < 4.78 is 5.51. The van der Waals surface area contributed by atoms with E-state index in [1.54, 1.807) is 23.2 Å². The predicted octanol–water partition coefficient (Wildman–Crippen LogP) is 1.24. The molecule has 0 spiro atoms. The van der Waals surface area contributed by atoms with Gasteiger partial charge in [0, 0.05) is 24.6 Å². The molecule has 1 N–H and O–H groups in total. The zero-order chi connectivity index (χ0) is 16.1. The van der Waals surface area contributed by atoms with Crippen LogP contribution in [0.25, 0.3) is 0 Å². The Kier molecular flexibility index (Phi) is 4.63. The number of amides is 2. The van der Waals surface area contributed by atoms with Crippen molar-refractivity contribution in [2.45, 2.75) is 6.10 Å². The Morgan fingerprint density at radius 2 is 2.09 bits per heavy atom. The SMILES string of the molecule is O=C(NCC1CN(c2ccccc2)C(=O)CO1)c1cccnc1. The van der Waals surface area contributed by atoms with Crippen molar-refractivity contribution in [1.82, 2.24) is 10.3 Å². The maximum absolute atomic E-state index is 12.0. The van der Waals surface area contributed by atoms with Crippen molar-refractivity contribution >= 4 is 17.5 Å². The highest BCUT2D eigenvalue weighted by atomic mass is 16.5. The van der Waals surface area contributed by atoms with Crippen LogP contribution >= 0.6 is 0 Å². The van der Waals surface area contributed by atoms with E-state index in [4.69, 9.17) is 4.74 Å². The van der Waals surface area contributed by atoms with Gasteiger partial charge in [-0.05, 0) is 24.3 Å². The van der Waals surface area contributed by atoms with Crippen molar-refractivity contribution in [1.29, 1.82) is 0 Å². The van der Waals surface area contributed by atoms with Crippen molar-refractivity contribution in [3.63, 3.8) is 0 Å². The Bertz CT molecular complexity index is 676. The maximum atomic E-state index is 12.0. The van der Waals surface area contributed by atoms with Gasteiger partial charge in [0.25, 0.3) is 11.8 Å². The van der Waals surface area contributed by atoms with Crippen molar-refractivity contribution in [2.24, 2.45) is 0 Å². The van der Waals surface area contributed by atoms with Gasteiger partial charge in [0.05, 0.1) is 18.2 Å². The predicted molar refractivity (Wildman–Crippen MR) is 85.1 cm³/mol. The molecule has 23 heavy (non-hydrogen) atoms. The highest BCUT2D eigenvalue weighted by Crippen LogP contribution is 2.17. The van der Waals surface area contributed by atoms with Gasteiger partial charge in [-0.1, -0.05) is 18.2 Å². The minimum Gasteiger partial charge on any atom is -0.365 e. The van der Waals surface area contributed by atoms with E-state index in [-0.39, 0.29) is 24.5 Å². The summed E-state index contributed by atoms with van der Waals surface area (Å²) in [6.07, 6.45) is 2.88. The summed E-state index contributed by atoms with van der Waals surface area (Å²) in [5.41, 5.74) is 1.34. The standard InChI is InChI=1S/C17H17N3O3/c21-16-12-23-15(11-20(16)14-6-2-1-3-7-14)10-19-17(22)13-5-4-8-18-9-13/h1-9,15H,10-12H2,(H,19,22). The van der Waals surface area contributed by atoms with Crippen molar-refractivity contribution in [2.75, 3.05) is 24.6 Å². The van der Waals surface area contributed by atoms with Gasteiger partial charge >= 0.3 is 0 Å². The van der Waals surface area contributed by atoms with Crippen LogP contribution in [0.2, 0.25) is 0 Å². The number of morpholine rings is 1. The third-order valence-electron chi connectivity index (χ3n) is 3.61. The van der Waals surface area contributed by atoms with Crippen LogP contribution < -0.4 is 10.2 Å². The number of carbonyl (C=O) groups is 2. The topological polar surface area (TPSA) is 71.5 Å². The molecule has 0 radical (unpaired) electrons. The van der Waals surface area contributed by atoms with E-state index in [2.05, 4.69) is 10.3 Å². The number of carbonyl (C=O) groups excluding carboxylic acids is 2. The fourth-order valence-electron chi connectivity index (χ4n) is 2.41. The van der Waals surface area contributed by atoms with Crippen LogP contribution in [0.4, 0.5) is 5.69 Å². The lowest BCUT2D eigenvalue weighted by Gasteiger charge is -2.32. The number of hydrogen-bond donors (Lipinski definition) is 1. The number of aromatic nitrogens is 1. The number of anilines is 1. The second-order valence-electron chi connectivity index (χ2n) is 5.22. The van der Waals surface area contributed by atoms with Crippen LogP contribution in [0.5, 0.6) is 0 Å². The van der Waals surface area contributed by atoms with Crippen LogP contribution in [0.15, 0.2) is 54.9 Å². The molecule has 6 nitrogen and oxygen atoms in total. The summed E-state index contributed by atoms with van der Waals surface area (Å²) in [7, 11) is 0. The van der Waals surface area contributed by atoms with E-state index in [1.807, 2.05) is 30.3 Å². The quantitative estimate of drug-likeness (QED) is 0.922. The molecule has 1 aliphatic heterocycles. The molecule has 3 rings (SSSR count). The number of ether oxygens (including phenoxy) is 1. The lowest BCUT2D eigenvalue weighted by molar-refractivity contribution is -0.129. The van der Waals surface area contributed by atoms with E-state index in [9.17, 15) is 9.59 Å². The Balaban J connectivity index is 1.59. The lowest BCUT2D eigenvalue weighted by atomic mass is 10.2. The molecule has 1 aliphatic rings. The fraction of sp³-hybridized carbons (Fsp3) is 0.235. The number of nitrogens with zero attached hydrogens (tertiary/aromatic N) is 2. The molecular formula is C17H17N3O3. The Hall–Kier alpha value is -2.73. The number of para-hydroxylation sites is 1. The molecule has 0 bridgehead atoms. The van der Waals surface area contributed by atoms with Gasteiger partial charge in [-0.3, -0.25) is 14.6 Å². The average Bonchev–Trinajstić information content (AvgIpc) is 2.62. The van der Waals surface area contributed by atoms with E-state index >= 15 is 0 Å². The second-order valence-corrected chi connectivity index (χ2v) is 5.22. The minimum absolute atomic E-state index is 0.0162. The largest absolute Gasteiger partial charge is 0.365 e. The van der Waals surface area contributed by atoms with Gasteiger partial charge in [-0.2, -0.15) is 0 Å². The number of rotatable bonds is 4. The fourth-order valence-corrected chi connectivity index (χ4v) is 2.41. The summed E-state index contributed by atoms with van der Waals surface area (Å²) >= 11 is 0. The second kappa shape index (κ2) is 7.02. The molecule has 1 aromatic heterocycles. The Morgan fingerprint density at radius 3 is 2.83 bits per heavy atom. The first-order chi connectivity index (χ1) is 11.2. The molecule has 1 unspecified atom stereocenters. The van der Waals surface area contributed by atoms with Crippen molar-refractivity contribution in [3.05, 3.63) is 60.4 Å². The molecule has 0 saturated carbocycles. The monoisotopic (exact) mass is 311 g/mol. The lowest BCUT2D eigenvalue weighted by Crippen LogP contribution is -2.50. The first kappa shape index (κ1) is 15.2. The molecule has 118 valence electrons. The molecule has 1 atom stereocenters. The van der Waals surface area contributed by atoms with Crippen LogP contribution in [0.3, 0.4) is 0 Å². The molecular weight excluding hydrogens is 294 g/mol. The van der Waals surface area contributed by atoms with E-state index in [0.717, 1.165) is 5.69 Å². The first-order valence-corrected chi connectivity index (χ1v) is 7.39. The highest BCUT2D eigenvalue weighted by Gasteiger charge is 2.27. The molecule has 2 amide bonds. The number of hydrogen-bond acceptors (Lipinski definition) is 4. The smallest absolute Gasteiger partial charge is 0.253 e. The molecule has 2 heterocycles. The van der Waals surface area contributed by atoms with Crippen LogP contribution in [0, 0.1) is 0 Å². The van der Waals surface area contributed by atoms with E-state index < -0.39 is 0 Å². The summed E-state index contributed by atoms with van der Waals surface area (Å²) in [5, 5.41) is 2.81. The summed E-state index contributed by atoms with van der Waals surface area (Å²) in [5.74, 6) is -0.282. The van der Waals surface area contributed by atoms with Crippen LogP contribution in [-0.4, -0.2) is 42.6 Å². The molecule has 6 heteroatoms. The first-order valence-electron chi connectivity index (χ1n) is 7.39. The third-order valence-corrected chi connectivity index (χ3v) is 3.61. The van der Waals surface area contributed by atoms with Gasteiger partial charge in [0.2, 0.25) is 0 Å². The summed E-state index contributed by atoms with van der Waals surface area (Å²) in [4.78, 5) is 29.6. The van der Waals surface area contributed by atoms with E-state index in [1.165, 1.54) is 6.20 Å². The van der Waals surface area contributed by atoms with Crippen LogP contribution in [0.1, 0.15) is 10.4 Å². The summed E-state index contributed by atoms with van der Waals surface area (Å²) in [6.45, 7) is 0.767. The molecule has 1 aromatic carbocycles. The van der Waals surface area contributed by atoms with E-state index in [0.29, 0.717) is 18.7 Å². The zero-order valence-electron chi connectivity index (χ0n) is 12.5. The minimum atomic E-state index is -0.242. The van der Waals surface area contributed by atoms with Gasteiger partial charge in [-0.15, -0.1) is 0 Å². The molecule has 1 saturated heterocycles. The van der Waals surface area contributed by atoms with Crippen molar-refractivity contribution in [3.8, 4) is 0 Å². The Morgan fingerprint density at radius 1 is 1.26 bits per heavy atom. The Labute approximate surface area is 134 Å². The average molecular weight is 311 g/mol. The number of benzene rings is 1. The molecule has 2 aromatic rings. The normalized spacial score (nSPS) is 17.8. The van der Waals surface area contributed by atoms with Gasteiger partial charge in [0.1, 0.15) is 6.61 Å². The number of nitrogens with one attached hydrogen (secondary N) is 1. The maximum Gasteiger partial charge on any atom is 0.253 e. The third kappa shape index (κ3) is 3.73. The molecule has 1 fully saturated rings.